The summed E-state index contributed by atoms with van der Waals surface area (Å²) < 4.78 is 0. The Morgan fingerprint density at radius 2 is 1.75 bits per heavy atom. The maximum atomic E-state index is 10.2. The molecule has 2 rings (SSSR count). The van der Waals surface area contributed by atoms with Crippen molar-refractivity contribution in [3.8, 4) is 0 Å². The minimum absolute atomic E-state index is 0.485. The van der Waals surface area contributed by atoms with Crippen LogP contribution in [0.1, 0.15) is 35.3 Å². The van der Waals surface area contributed by atoms with Gasteiger partial charge in [0.2, 0.25) is 0 Å². The monoisotopic (exact) mass is 269 g/mol. The Morgan fingerprint density at radius 3 is 2.35 bits per heavy atom. The Morgan fingerprint density at radius 1 is 1.05 bits per heavy atom. The first-order valence-electron chi connectivity index (χ1n) is 7.18. The highest BCUT2D eigenvalue weighted by Gasteiger charge is 2.08. The minimum atomic E-state index is -0.485. The number of benzene rings is 2. The number of aryl methyl sites for hydroxylation is 3. The molecule has 0 saturated heterocycles. The molecule has 2 aromatic rings. The van der Waals surface area contributed by atoms with Crippen molar-refractivity contribution in [1.29, 1.82) is 0 Å². The van der Waals surface area contributed by atoms with Gasteiger partial charge in [-0.3, -0.25) is 0 Å². The van der Waals surface area contributed by atoms with Gasteiger partial charge in [0, 0.05) is 12.2 Å². The van der Waals surface area contributed by atoms with Crippen LogP contribution < -0.4 is 5.32 Å². The van der Waals surface area contributed by atoms with Crippen LogP contribution in [0.15, 0.2) is 42.5 Å². The fraction of sp³-hybridized carbons (Fsp3) is 0.333. The first kappa shape index (κ1) is 14.6. The largest absolute Gasteiger partial charge is 0.387 e. The molecule has 0 saturated carbocycles. The Balaban J connectivity index is 1.98. The van der Waals surface area contributed by atoms with Gasteiger partial charge in [0.15, 0.2) is 0 Å². The fourth-order valence-corrected chi connectivity index (χ4v) is 2.31. The number of hydrogen-bond donors (Lipinski definition) is 2. The lowest BCUT2D eigenvalue weighted by atomic mass is 10.1. The van der Waals surface area contributed by atoms with E-state index in [0.717, 1.165) is 17.7 Å². The Labute approximate surface area is 121 Å². The van der Waals surface area contributed by atoms with E-state index in [1.54, 1.807) is 0 Å². The van der Waals surface area contributed by atoms with Crippen molar-refractivity contribution in [2.45, 2.75) is 33.3 Å². The highest BCUT2D eigenvalue weighted by atomic mass is 16.3. The summed E-state index contributed by atoms with van der Waals surface area (Å²) in [7, 11) is 0. The van der Waals surface area contributed by atoms with Crippen LogP contribution in [0.5, 0.6) is 0 Å². The topological polar surface area (TPSA) is 32.3 Å². The number of nitrogens with one attached hydrogen (secondary N) is 1. The maximum absolute atomic E-state index is 10.2. The normalized spacial score (nSPS) is 12.2. The van der Waals surface area contributed by atoms with Gasteiger partial charge >= 0.3 is 0 Å². The third-order valence-electron chi connectivity index (χ3n) is 3.64. The second kappa shape index (κ2) is 6.58. The molecule has 0 aliphatic heterocycles. The lowest BCUT2D eigenvalue weighted by molar-refractivity contribution is 0.191. The molecular weight excluding hydrogens is 246 g/mol. The average Bonchev–Trinajstić information content (AvgIpc) is 2.46. The number of rotatable bonds is 5. The molecular formula is C18H23NO. The van der Waals surface area contributed by atoms with E-state index in [0.29, 0.717) is 6.54 Å². The van der Waals surface area contributed by atoms with Crippen molar-refractivity contribution in [3.05, 3.63) is 64.7 Å². The summed E-state index contributed by atoms with van der Waals surface area (Å²) in [6, 6.07) is 14.5. The summed E-state index contributed by atoms with van der Waals surface area (Å²) in [4.78, 5) is 0. The maximum Gasteiger partial charge on any atom is 0.0962 e. The van der Waals surface area contributed by atoms with Crippen LogP contribution in [0.2, 0.25) is 0 Å². The van der Waals surface area contributed by atoms with Crippen molar-refractivity contribution in [3.63, 3.8) is 0 Å². The summed E-state index contributed by atoms with van der Waals surface area (Å²) in [6.07, 6.45) is 0.540. The molecule has 20 heavy (non-hydrogen) atoms. The second-order valence-electron chi connectivity index (χ2n) is 5.31. The van der Waals surface area contributed by atoms with Crippen molar-refractivity contribution >= 4 is 5.69 Å². The molecule has 0 aliphatic carbocycles. The van der Waals surface area contributed by atoms with Crippen molar-refractivity contribution in [1.82, 2.24) is 0 Å². The van der Waals surface area contributed by atoms with E-state index in [1.807, 2.05) is 12.1 Å². The van der Waals surface area contributed by atoms with Crippen molar-refractivity contribution in [2.75, 3.05) is 11.9 Å². The van der Waals surface area contributed by atoms with Crippen LogP contribution in [-0.4, -0.2) is 11.7 Å². The standard InChI is InChI=1S/C18H23NO/c1-4-15-6-8-16(9-7-15)18(20)12-19-17-10-5-13(2)11-14(17)3/h5-11,18-20H,4,12H2,1-3H3. The highest BCUT2D eigenvalue weighted by Crippen LogP contribution is 2.19. The summed E-state index contributed by atoms with van der Waals surface area (Å²) in [5, 5.41) is 13.5. The summed E-state index contributed by atoms with van der Waals surface area (Å²) in [5.74, 6) is 0. The molecule has 1 unspecified atom stereocenters. The molecule has 0 radical (unpaired) electrons. The smallest absolute Gasteiger partial charge is 0.0962 e. The van der Waals surface area contributed by atoms with E-state index >= 15 is 0 Å². The zero-order chi connectivity index (χ0) is 14.5. The van der Waals surface area contributed by atoms with Gasteiger partial charge in [-0.25, -0.2) is 0 Å². The first-order valence-corrected chi connectivity index (χ1v) is 7.18. The van der Waals surface area contributed by atoms with Crippen LogP contribution in [-0.2, 0) is 6.42 Å². The lowest BCUT2D eigenvalue weighted by Gasteiger charge is -2.15. The molecule has 2 N–H and O–H groups in total. The predicted octanol–water partition coefficient (Wildman–Crippen LogP) is 4.01. The van der Waals surface area contributed by atoms with Gasteiger partial charge in [-0.05, 0) is 43.0 Å². The van der Waals surface area contributed by atoms with E-state index in [1.165, 1.54) is 16.7 Å². The van der Waals surface area contributed by atoms with E-state index in [-0.39, 0.29) is 0 Å². The minimum Gasteiger partial charge on any atom is -0.387 e. The average molecular weight is 269 g/mol. The number of aliphatic hydroxyl groups excluding tert-OH is 1. The van der Waals surface area contributed by atoms with Gasteiger partial charge < -0.3 is 10.4 Å². The lowest BCUT2D eigenvalue weighted by Crippen LogP contribution is -2.12. The van der Waals surface area contributed by atoms with E-state index in [9.17, 15) is 5.11 Å². The third-order valence-corrected chi connectivity index (χ3v) is 3.64. The SMILES string of the molecule is CCc1ccc(C(O)CNc2ccc(C)cc2C)cc1. The van der Waals surface area contributed by atoms with Gasteiger partial charge in [0.1, 0.15) is 0 Å². The molecule has 106 valence electrons. The van der Waals surface area contributed by atoms with E-state index in [4.69, 9.17) is 0 Å². The van der Waals surface area contributed by atoms with Crippen LogP contribution in [0.3, 0.4) is 0 Å². The van der Waals surface area contributed by atoms with Crippen LogP contribution >= 0.6 is 0 Å². The molecule has 0 aliphatic rings. The molecule has 0 spiro atoms. The Kier molecular flexibility index (Phi) is 4.80. The zero-order valence-electron chi connectivity index (χ0n) is 12.5. The zero-order valence-corrected chi connectivity index (χ0v) is 12.5. The summed E-state index contributed by atoms with van der Waals surface area (Å²) in [5.41, 5.74) is 5.80. The van der Waals surface area contributed by atoms with Gasteiger partial charge in [-0.15, -0.1) is 0 Å². The van der Waals surface area contributed by atoms with Gasteiger partial charge in [0.25, 0.3) is 0 Å². The quantitative estimate of drug-likeness (QED) is 0.859. The summed E-state index contributed by atoms with van der Waals surface area (Å²) in [6.45, 7) is 6.82. The van der Waals surface area contributed by atoms with Crippen LogP contribution in [0, 0.1) is 13.8 Å². The number of hydrogen-bond acceptors (Lipinski definition) is 2. The van der Waals surface area contributed by atoms with Crippen molar-refractivity contribution in [2.24, 2.45) is 0 Å². The third kappa shape index (κ3) is 3.61. The van der Waals surface area contributed by atoms with E-state index < -0.39 is 6.10 Å². The van der Waals surface area contributed by atoms with Gasteiger partial charge in [-0.2, -0.15) is 0 Å². The number of anilines is 1. The molecule has 2 heteroatoms. The van der Waals surface area contributed by atoms with Gasteiger partial charge in [0.05, 0.1) is 6.10 Å². The first-order chi connectivity index (χ1) is 9.60. The van der Waals surface area contributed by atoms with E-state index in [2.05, 4.69) is 56.4 Å². The molecule has 0 fully saturated rings. The second-order valence-corrected chi connectivity index (χ2v) is 5.31. The van der Waals surface area contributed by atoms with Crippen LogP contribution in [0.25, 0.3) is 0 Å². The van der Waals surface area contributed by atoms with Gasteiger partial charge in [-0.1, -0.05) is 48.9 Å². The molecule has 2 aromatic carbocycles. The number of aliphatic hydroxyl groups is 1. The molecule has 0 heterocycles. The molecule has 1 atom stereocenters. The molecule has 0 aromatic heterocycles. The summed E-state index contributed by atoms with van der Waals surface area (Å²) >= 11 is 0. The van der Waals surface area contributed by atoms with Crippen LogP contribution in [0.4, 0.5) is 5.69 Å². The Bertz CT molecular complexity index is 560. The fourth-order valence-electron chi connectivity index (χ4n) is 2.31. The van der Waals surface area contributed by atoms with Crippen molar-refractivity contribution < 1.29 is 5.11 Å². The Hall–Kier alpha value is -1.80. The molecule has 0 bridgehead atoms. The highest BCUT2D eigenvalue weighted by molar-refractivity contribution is 5.52. The molecule has 2 nitrogen and oxygen atoms in total. The molecule has 0 amide bonds. The predicted molar refractivity (Wildman–Crippen MR) is 85.2 cm³/mol.